The van der Waals surface area contributed by atoms with E-state index < -0.39 is 0 Å². The van der Waals surface area contributed by atoms with Crippen LogP contribution in [0.4, 0.5) is 5.69 Å². The number of para-hydroxylation sites is 1. The first-order valence-corrected chi connectivity index (χ1v) is 7.00. The molecule has 0 spiro atoms. The Hall–Kier alpha value is -2.98. The lowest BCUT2D eigenvalue weighted by molar-refractivity contribution is 0.410. The molecule has 0 heterocycles. The Morgan fingerprint density at radius 3 is 2.36 bits per heavy atom. The fourth-order valence-electron chi connectivity index (χ4n) is 2.35. The van der Waals surface area contributed by atoms with Crippen molar-refractivity contribution in [2.45, 2.75) is 13.3 Å². The van der Waals surface area contributed by atoms with Gasteiger partial charge in [0.05, 0.1) is 23.9 Å². The minimum Gasteiger partial charge on any atom is -0.496 e. The number of hydrogen-bond donors (Lipinski definition) is 1. The molecule has 0 aromatic heterocycles. The third-order valence-electron chi connectivity index (χ3n) is 3.44. The molecule has 0 amide bonds. The van der Waals surface area contributed by atoms with E-state index in [1.165, 1.54) is 5.56 Å². The standard InChI is InChI=1S/C18H17N3O/c1-13-6-7-17(22-2)14(10-13)8-9-21-18-15(11-19)4-3-5-16(18)12-20/h3-7,10,21H,8-9H2,1-2H3. The van der Waals surface area contributed by atoms with E-state index >= 15 is 0 Å². The molecule has 0 aliphatic rings. The van der Waals surface area contributed by atoms with Crippen LogP contribution in [0.3, 0.4) is 0 Å². The van der Waals surface area contributed by atoms with Gasteiger partial charge in [-0.1, -0.05) is 23.8 Å². The lowest BCUT2D eigenvalue weighted by Crippen LogP contribution is -2.08. The molecule has 0 aliphatic heterocycles. The van der Waals surface area contributed by atoms with Crippen molar-refractivity contribution in [3.05, 3.63) is 58.7 Å². The second kappa shape index (κ2) is 7.15. The number of nitriles is 2. The predicted octanol–water partition coefficient (Wildman–Crippen LogP) is 3.40. The lowest BCUT2D eigenvalue weighted by Gasteiger charge is -2.12. The van der Waals surface area contributed by atoms with Gasteiger partial charge in [-0.25, -0.2) is 0 Å². The second-order valence-corrected chi connectivity index (χ2v) is 4.94. The molecule has 0 saturated heterocycles. The second-order valence-electron chi connectivity index (χ2n) is 4.94. The maximum absolute atomic E-state index is 9.15. The summed E-state index contributed by atoms with van der Waals surface area (Å²) in [6, 6.07) is 15.4. The summed E-state index contributed by atoms with van der Waals surface area (Å²) < 4.78 is 5.36. The van der Waals surface area contributed by atoms with Crippen molar-refractivity contribution in [2.75, 3.05) is 19.0 Å². The lowest BCUT2D eigenvalue weighted by atomic mass is 10.1. The minimum absolute atomic E-state index is 0.482. The first-order valence-electron chi connectivity index (χ1n) is 7.00. The molecule has 0 aliphatic carbocycles. The number of nitrogens with zero attached hydrogens (tertiary/aromatic N) is 2. The first kappa shape index (κ1) is 15.4. The van der Waals surface area contributed by atoms with Gasteiger partial charge in [0.15, 0.2) is 0 Å². The number of rotatable bonds is 5. The van der Waals surface area contributed by atoms with Gasteiger partial charge in [-0.05, 0) is 37.1 Å². The molecule has 0 bridgehead atoms. The summed E-state index contributed by atoms with van der Waals surface area (Å²) >= 11 is 0. The van der Waals surface area contributed by atoms with E-state index in [2.05, 4.69) is 23.5 Å². The topological polar surface area (TPSA) is 68.8 Å². The number of hydrogen-bond acceptors (Lipinski definition) is 4. The van der Waals surface area contributed by atoms with Gasteiger partial charge in [-0.3, -0.25) is 0 Å². The number of anilines is 1. The smallest absolute Gasteiger partial charge is 0.122 e. The molecule has 2 aromatic carbocycles. The van der Waals surface area contributed by atoms with Crippen LogP contribution in [-0.4, -0.2) is 13.7 Å². The molecule has 0 atom stereocenters. The van der Waals surface area contributed by atoms with Crippen molar-refractivity contribution < 1.29 is 4.74 Å². The monoisotopic (exact) mass is 291 g/mol. The van der Waals surface area contributed by atoms with Crippen molar-refractivity contribution in [3.8, 4) is 17.9 Å². The molecule has 0 radical (unpaired) electrons. The van der Waals surface area contributed by atoms with Crippen LogP contribution in [0.1, 0.15) is 22.3 Å². The number of methoxy groups -OCH3 is 1. The van der Waals surface area contributed by atoms with E-state index in [0.717, 1.165) is 17.7 Å². The first-order chi connectivity index (χ1) is 10.7. The van der Waals surface area contributed by atoms with Crippen LogP contribution >= 0.6 is 0 Å². The van der Waals surface area contributed by atoms with E-state index in [-0.39, 0.29) is 0 Å². The van der Waals surface area contributed by atoms with Gasteiger partial charge < -0.3 is 10.1 Å². The van der Waals surface area contributed by atoms with Crippen LogP contribution in [0, 0.1) is 29.6 Å². The van der Waals surface area contributed by atoms with Crippen LogP contribution < -0.4 is 10.1 Å². The summed E-state index contributed by atoms with van der Waals surface area (Å²) in [4.78, 5) is 0. The van der Waals surface area contributed by atoms with E-state index in [0.29, 0.717) is 23.4 Å². The molecule has 0 saturated carbocycles. The largest absolute Gasteiger partial charge is 0.496 e. The van der Waals surface area contributed by atoms with E-state index in [9.17, 15) is 0 Å². The SMILES string of the molecule is COc1ccc(C)cc1CCNc1c(C#N)cccc1C#N. The molecule has 1 N–H and O–H groups in total. The predicted molar refractivity (Wildman–Crippen MR) is 85.8 cm³/mol. The normalized spacial score (nSPS) is 9.64. The Morgan fingerprint density at radius 2 is 1.77 bits per heavy atom. The van der Waals surface area contributed by atoms with Gasteiger partial charge >= 0.3 is 0 Å². The van der Waals surface area contributed by atoms with E-state index in [4.69, 9.17) is 15.3 Å². The van der Waals surface area contributed by atoms with Crippen LogP contribution in [0.2, 0.25) is 0 Å². The van der Waals surface area contributed by atoms with Crippen molar-refractivity contribution in [1.82, 2.24) is 0 Å². The van der Waals surface area contributed by atoms with Crippen LogP contribution in [0.5, 0.6) is 5.75 Å². The van der Waals surface area contributed by atoms with E-state index in [1.807, 2.05) is 19.1 Å². The molecule has 4 heteroatoms. The van der Waals surface area contributed by atoms with Crippen molar-refractivity contribution in [2.24, 2.45) is 0 Å². The van der Waals surface area contributed by atoms with Gasteiger partial charge in [0.2, 0.25) is 0 Å². The number of ether oxygens (including phenoxy) is 1. The van der Waals surface area contributed by atoms with E-state index in [1.54, 1.807) is 25.3 Å². The van der Waals surface area contributed by atoms with Crippen molar-refractivity contribution in [3.63, 3.8) is 0 Å². The zero-order chi connectivity index (χ0) is 15.9. The minimum atomic E-state index is 0.482. The van der Waals surface area contributed by atoms with Gasteiger partial charge in [0, 0.05) is 6.54 Å². The molecule has 4 nitrogen and oxygen atoms in total. The quantitative estimate of drug-likeness (QED) is 0.916. The summed E-state index contributed by atoms with van der Waals surface area (Å²) in [7, 11) is 1.65. The fourth-order valence-corrected chi connectivity index (χ4v) is 2.35. The Balaban J connectivity index is 2.14. The van der Waals surface area contributed by atoms with Gasteiger partial charge in [0.1, 0.15) is 17.9 Å². The average molecular weight is 291 g/mol. The average Bonchev–Trinajstić information content (AvgIpc) is 2.55. The van der Waals surface area contributed by atoms with Crippen molar-refractivity contribution in [1.29, 1.82) is 10.5 Å². The third-order valence-corrected chi connectivity index (χ3v) is 3.44. The number of aryl methyl sites for hydroxylation is 1. The maximum Gasteiger partial charge on any atom is 0.122 e. The van der Waals surface area contributed by atoms with Crippen LogP contribution in [0.15, 0.2) is 36.4 Å². The Labute approximate surface area is 130 Å². The Morgan fingerprint density at radius 1 is 1.09 bits per heavy atom. The zero-order valence-corrected chi connectivity index (χ0v) is 12.7. The highest BCUT2D eigenvalue weighted by Gasteiger charge is 2.08. The molecular weight excluding hydrogens is 274 g/mol. The highest BCUT2D eigenvalue weighted by atomic mass is 16.5. The third kappa shape index (κ3) is 3.37. The number of nitrogens with one attached hydrogen (secondary N) is 1. The van der Waals surface area contributed by atoms with Crippen LogP contribution in [-0.2, 0) is 6.42 Å². The Kier molecular flexibility index (Phi) is 5.01. The Bertz CT molecular complexity index is 722. The molecule has 2 aromatic rings. The molecular formula is C18H17N3O. The molecule has 2 rings (SSSR count). The summed E-state index contributed by atoms with van der Waals surface area (Å²) in [6.45, 7) is 2.66. The maximum atomic E-state index is 9.15. The molecule has 0 unspecified atom stereocenters. The number of benzene rings is 2. The molecule has 0 fully saturated rings. The van der Waals surface area contributed by atoms with Gasteiger partial charge in [-0.2, -0.15) is 10.5 Å². The summed E-state index contributed by atoms with van der Waals surface area (Å²) in [6.07, 6.45) is 0.746. The summed E-state index contributed by atoms with van der Waals surface area (Å²) in [5.74, 6) is 0.849. The van der Waals surface area contributed by atoms with Gasteiger partial charge in [0.25, 0.3) is 0 Å². The summed E-state index contributed by atoms with van der Waals surface area (Å²) in [5, 5.41) is 21.5. The van der Waals surface area contributed by atoms with Crippen molar-refractivity contribution >= 4 is 5.69 Å². The molecule has 22 heavy (non-hydrogen) atoms. The zero-order valence-electron chi connectivity index (χ0n) is 12.7. The highest BCUT2D eigenvalue weighted by molar-refractivity contribution is 5.66. The fraction of sp³-hybridized carbons (Fsp3) is 0.222. The summed E-state index contributed by atoms with van der Waals surface area (Å²) in [5.41, 5.74) is 3.83. The van der Waals surface area contributed by atoms with Gasteiger partial charge in [-0.15, -0.1) is 0 Å². The van der Waals surface area contributed by atoms with Crippen LogP contribution in [0.25, 0.3) is 0 Å². The highest BCUT2D eigenvalue weighted by Crippen LogP contribution is 2.22. The molecule has 110 valence electrons.